The molecule has 0 aliphatic carbocycles. The van der Waals surface area contributed by atoms with E-state index in [-0.39, 0.29) is 18.5 Å². The van der Waals surface area contributed by atoms with Gasteiger partial charge in [0.25, 0.3) is 0 Å². The first-order chi connectivity index (χ1) is 33.0. The van der Waals surface area contributed by atoms with E-state index in [1.165, 1.54) is 173 Å². The number of hydrogen-bond donors (Lipinski definition) is 3. The minimum atomic E-state index is -0.853. The van der Waals surface area contributed by atoms with Crippen LogP contribution in [0, 0.1) is 0 Å². The topological polar surface area (TPSA) is 95.9 Å². The SMILES string of the molecule is CCCC/C=C\C/C=C\CCCCCCCC(=O)OCCCCC/C=C\C=C/CCCCCCCCCCCCC(=O)NC(CO)C(O)/C=C/CCCCCCCCCCCCCCCCC. The molecule has 0 aliphatic rings. The van der Waals surface area contributed by atoms with Crippen molar-refractivity contribution in [3.63, 3.8) is 0 Å². The molecule has 6 heteroatoms. The van der Waals surface area contributed by atoms with E-state index < -0.39 is 12.1 Å². The van der Waals surface area contributed by atoms with Gasteiger partial charge in [0, 0.05) is 12.8 Å². The number of allylic oxidation sites excluding steroid dienone is 9. The molecular formula is C61H111NO5. The van der Waals surface area contributed by atoms with Gasteiger partial charge in [-0.2, -0.15) is 0 Å². The van der Waals surface area contributed by atoms with Gasteiger partial charge in [0.1, 0.15) is 0 Å². The summed E-state index contributed by atoms with van der Waals surface area (Å²) in [6.45, 7) is 4.81. The fourth-order valence-corrected chi connectivity index (χ4v) is 8.52. The van der Waals surface area contributed by atoms with Crippen LogP contribution in [0.25, 0.3) is 0 Å². The van der Waals surface area contributed by atoms with Crippen molar-refractivity contribution in [1.29, 1.82) is 0 Å². The lowest BCUT2D eigenvalue weighted by atomic mass is 10.0. The molecule has 2 unspecified atom stereocenters. The molecule has 0 aromatic carbocycles. The van der Waals surface area contributed by atoms with Crippen molar-refractivity contribution >= 4 is 11.9 Å². The van der Waals surface area contributed by atoms with Gasteiger partial charge in [-0.3, -0.25) is 9.59 Å². The van der Waals surface area contributed by atoms with Crippen LogP contribution in [0.5, 0.6) is 0 Å². The lowest BCUT2D eigenvalue weighted by Gasteiger charge is -2.20. The van der Waals surface area contributed by atoms with Crippen LogP contribution >= 0.6 is 0 Å². The Morgan fingerprint density at radius 1 is 0.433 bits per heavy atom. The average Bonchev–Trinajstić information content (AvgIpc) is 3.33. The number of esters is 1. The second-order valence-corrected chi connectivity index (χ2v) is 19.6. The van der Waals surface area contributed by atoms with Gasteiger partial charge >= 0.3 is 5.97 Å². The van der Waals surface area contributed by atoms with E-state index >= 15 is 0 Å². The quantitative estimate of drug-likeness (QED) is 0.0244. The predicted molar refractivity (Wildman–Crippen MR) is 292 cm³/mol. The number of rotatable bonds is 53. The smallest absolute Gasteiger partial charge is 0.305 e. The Kier molecular flexibility index (Phi) is 54.1. The molecule has 1 amide bonds. The number of nitrogens with one attached hydrogen (secondary N) is 1. The van der Waals surface area contributed by atoms with E-state index in [0.717, 1.165) is 89.9 Å². The summed E-state index contributed by atoms with van der Waals surface area (Å²) >= 11 is 0. The Labute approximate surface area is 416 Å². The highest BCUT2D eigenvalue weighted by Gasteiger charge is 2.18. The van der Waals surface area contributed by atoms with Gasteiger partial charge in [0.15, 0.2) is 0 Å². The Bertz CT molecular complexity index is 1170. The summed E-state index contributed by atoms with van der Waals surface area (Å²) in [5.41, 5.74) is 0. The van der Waals surface area contributed by atoms with Crippen LogP contribution in [0.4, 0.5) is 0 Å². The number of ether oxygens (including phenoxy) is 1. The van der Waals surface area contributed by atoms with Crippen molar-refractivity contribution in [2.45, 2.75) is 302 Å². The summed E-state index contributed by atoms with van der Waals surface area (Å²) in [4.78, 5) is 24.5. The Morgan fingerprint density at radius 3 is 1.27 bits per heavy atom. The molecule has 6 nitrogen and oxygen atoms in total. The maximum atomic E-state index is 12.5. The molecule has 67 heavy (non-hydrogen) atoms. The zero-order valence-corrected chi connectivity index (χ0v) is 44.4. The molecule has 0 heterocycles. The van der Waals surface area contributed by atoms with Crippen molar-refractivity contribution in [2.24, 2.45) is 0 Å². The highest BCUT2D eigenvalue weighted by molar-refractivity contribution is 5.76. The zero-order valence-electron chi connectivity index (χ0n) is 44.4. The molecule has 0 aliphatic heterocycles. The lowest BCUT2D eigenvalue weighted by molar-refractivity contribution is -0.143. The Hall–Kier alpha value is -2.44. The highest BCUT2D eigenvalue weighted by Crippen LogP contribution is 2.16. The second kappa shape index (κ2) is 56.2. The van der Waals surface area contributed by atoms with Crippen LogP contribution < -0.4 is 5.32 Å². The molecular weight excluding hydrogens is 827 g/mol. The summed E-state index contributed by atoms with van der Waals surface area (Å²) < 4.78 is 5.44. The Balaban J connectivity index is 3.53. The summed E-state index contributed by atoms with van der Waals surface area (Å²) in [5, 5.41) is 23.1. The van der Waals surface area contributed by atoms with E-state index in [4.69, 9.17) is 4.74 Å². The third-order valence-corrected chi connectivity index (χ3v) is 13.0. The second-order valence-electron chi connectivity index (χ2n) is 19.6. The van der Waals surface area contributed by atoms with Crippen LogP contribution in [0.15, 0.2) is 60.8 Å². The molecule has 0 saturated heterocycles. The molecule has 0 spiro atoms. The van der Waals surface area contributed by atoms with Crippen molar-refractivity contribution in [3.8, 4) is 0 Å². The van der Waals surface area contributed by atoms with Crippen LogP contribution in [0.2, 0.25) is 0 Å². The van der Waals surface area contributed by atoms with Gasteiger partial charge in [-0.15, -0.1) is 0 Å². The van der Waals surface area contributed by atoms with Gasteiger partial charge in [-0.25, -0.2) is 0 Å². The number of hydrogen-bond acceptors (Lipinski definition) is 5. The largest absolute Gasteiger partial charge is 0.466 e. The minimum Gasteiger partial charge on any atom is -0.466 e. The van der Waals surface area contributed by atoms with Crippen molar-refractivity contribution in [1.82, 2.24) is 5.32 Å². The first kappa shape index (κ1) is 64.6. The summed E-state index contributed by atoms with van der Waals surface area (Å²) in [7, 11) is 0. The van der Waals surface area contributed by atoms with Gasteiger partial charge in [-0.05, 0) is 89.9 Å². The van der Waals surface area contributed by atoms with Crippen LogP contribution in [0.1, 0.15) is 290 Å². The molecule has 0 aromatic heterocycles. The third-order valence-electron chi connectivity index (χ3n) is 13.0. The van der Waals surface area contributed by atoms with Crippen LogP contribution in [-0.2, 0) is 14.3 Å². The maximum absolute atomic E-state index is 12.5. The Morgan fingerprint density at radius 2 is 0.806 bits per heavy atom. The number of carbonyl (C=O) groups is 2. The molecule has 0 radical (unpaired) electrons. The van der Waals surface area contributed by atoms with E-state index in [0.29, 0.717) is 19.4 Å². The first-order valence-corrected chi connectivity index (χ1v) is 29.1. The van der Waals surface area contributed by atoms with Crippen LogP contribution in [0.3, 0.4) is 0 Å². The van der Waals surface area contributed by atoms with E-state index in [1.807, 2.05) is 6.08 Å². The van der Waals surface area contributed by atoms with E-state index in [2.05, 4.69) is 67.8 Å². The summed E-state index contributed by atoms with van der Waals surface area (Å²) in [6.07, 6.45) is 72.4. The molecule has 0 bridgehead atoms. The van der Waals surface area contributed by atoms with Crippen molar-refractivity contribution in [3.05, 3.63) is 60.8 Å². The van der Waals surface area contributed by atoms with E-state index in [1.54, 1.807) is 6.08 Å². The molecule has 0 aromatic rings. The molecule has 3 N–H and O–H groups in total. The van der Waals surface area contributed by atoms with Gasteiger partial charge < -0.3 is 20.3 Å². The summed E-state index contributed by atoms with van der Waals surface area (Å²) in [6, 6.07) is -0.637. The molecule has 0 rings (SSSR count). The normalized spacial score (nSPS) is 13.1. The number of unbranched alkanes of at least 4 members (excludes halogenated alkanes) is 35. The third kappa shape index (κ3) is 52.8. The van der Waals surface area contributed by atoms with Crippen LogP contribution in [-0.4, -0.2) is 47.4 Å². The van der Waals surface area contributed by atoms with Gasteiger partial charge in [-0.1, -0.05) is 248 Å². The fraction of sp³-hybridized carbons (Fsp3) is 0.803. The van der Waals surface area contributed by atoms with E-state index in [9.17, 15) is 19.8 Å². The average molecular weight is 939 g/mol. The number of aliphatic hydroxyl groups excluding tert-OH is 2. The molecule has 0 saturated carbocycles. The first-order valence-electron chi connectivity index (χ1n) is 29.1. The van der Waals surface area contributed by atoms with Crippen molar-refractivity contribution in [2.75, 3.05) is 13.2 Å². The standard InChI is InChI=1S/C61H111NO5/c1-3-5-7-9-11-13-15-17-19-23-26-29-33-37-41-45-49-53-59(64)58(57-63)62-60(65)54-50-46-42-38-34-30-27-24-21-20-22-25-28-32-36-40-44-48-52-56-67-61(66)55-51-47-43-39-35-31-18-16-14-12-10-8-6-4-2/h10,12,16,18,25,28,32,36,49,53,58-59,63-64H,3-9,11,13-15,17,19-24,26-27,29-31,33-35,37-48,50-52,54-57H2,1-2H3,(H,62,65)/b12-10-,18-16-,28-25-,36-32-,53-49+. The molecule has 390 valence electrons. The van der Waals surface area contributed by atoms with Gasteiger partial charge in [0.05, 0.1) is 25.4 Å². The zero-order chi connectivity index (χ0) is 48.6. The number of aliphatic hydroxyl groups is 2. The number of amides is 1. The van der Waals surface area contributed by atoms with Gasteiger partial charge in [0.2, 0.25) is 5.91 Å². The summed E-state index contributed by atoms with van der Waals surface area (Å²) in [5.74, 6) is -0.108. The lowest BCUT2D eigenvalue weighted by Crippen LogP contribution is -2.45. The maximum Gasteiger partial charge on any atom is 0.305 e. The van der Waals surface area contributed by atoms with Crippen molar-refractivity contribution < 1.29 is 24.5 Å². The highest BCUT2D eigenvalue weighted by atomic mass is 16.5. The number of carbonyl (C=O) groups excluding carboxylic acids is 2. The fourth-order valence-electron chi connectivity index (χ4n) is 8.52. The minimum absolute atomic E-state index is 0.0295. The predicted octanol–water partition coefficient (Wildman–Crippen LogP) is 18.0. The molecule has 0 fully saturated rings. The molecule has 2 atom stereocenters. The monoisotopic (exact) mass is 938 g/mol.